The third-order valence-corrected chi connectivity index (χ3v) is 4.79. The van der Waals surface area contributed by atoms with E-state index >= 15 is 0 Å². The van der Waals surface area contributed by atoms with Crippen molar-refractivity contribution >= 4 is 27.5 Å². The molecule has 3 heteroatoms. The molecule has 0 saturated heterocycles. The second kappa shape index (κ2) is 3.72. The van der Waals surface area contributed by atoms with Crippen LogP contribution in [0.2, 0.25) is 5.02 Å². The summed E-state index contributed by atoms with van der Waals surface area (Å²) in [5.74, 6) is 0.929. The minimum absolute atomic E-state index is 0.464. The van der Waals surface area contributed by atoms with Gasteiger partial charge in [-0.1, -0.05) is 40.4 Å². The lowest BCUT2D eigenvalue weighted by Crippen LogP contribution is -2.10. The van der Waals surface area contributed by atoms with Crippen LogP contribution in [-0.4, -0.2) is 5.11 Å². The fourth-order valence-electron chi connectivity index (χ4n) is 3.31. The van der Waals surface area contributed by atoms with Crippen LogP contribution in [0.5, 0.6) is 0 Å². The number of aliphatic hydroxyl groups is 1. The van der Waals surface area contributed by atoms with E-state index in [0.717, 1.165) is 22.9 Å². The molecule has 3 rings (SSSR count). The summed E-state index contributed by atoms with van der Waals surface area (Å²) >= 11 is 9.48. The molecule has 0 radical (unpaired) electrons. The van der Waals surface area contributed by atoms with Gasteiger partial charge in [-0.3, -0.25) is 0 Å². The first kappa shape index (κ1) is 11.1. The highest BCUT2D eigenvalue weighted by Gasteiger charge is 2.64. The Bertz CT molecular complexity index is 400. The van der Waals surface area contributed by atoms with Crippen LogP contribution in [0.3, 0.4) is 0 Å². The topological polar surface area (TPSA) is 20.2 Å². The average Bonchev–Trinajstić information content (AvgIpc) is 2.86. The van der Waals surface area contributed by atoms with Gasteiger partial charge >= 0.3 is 0 Å². The molecule has 0 spiro atoms. The van der Waals surface area contributed by atoms with Gasteiger partial charge in [0.1, 0.15) is 0 Å². The molecule has 1 aromatic rings. The van der Waals surface area contributed by atoms with E-state index in [2.05, 4.69) is 15.9 Å². The third-order valence-electron chi connectivity index (χ3n) is 4.11. The van der Waals surface area contributed by atoms with Crippen LogP contribution in [-0.2, 0) is 5.60 Å². The fraction of sp³-hybridized carbons (Fsp3) is 0.538. The lowest BCUT2D eigenvalue weighted by Gasteiger charge is -2.12. The van der Waals surface area contributed by atoms with Gasteiger partial charge in [0.05, 0.1) is 5.60 Å². The highest BCUT2D eigenvalue weighted by molar-refractivity contribution is 9.10. The summed E-state index contributed by atoms with van der Waals surface area (Å²) in [5.41, 5.74) is 0.396. The van der Waals surface area contributed by atoms with Crippen LogP contribution in [0.1, 0.15) is 31.2 Å². The molecule has 2 saturated carbocycles. The number of halogens is 2. The number of benzene rings is 1. The summed E-state index contributed by atoms with van der Waals surface area (Å²) < 4.78 is 0.951. The first-order chi connectivity index (χ1) is 7.62. The Morgan fingerprint density at radius 3 is 2.38 bits per heavy atom. The second-order valence-corrected chi connectivity index (χ2v) is 6.33. The van der Waals surface area contributed by atoms with Gasteiger partial charge in [0.25, 0.3) is 0 Å². The van der Waals surface area contributed by atoms with Gasteiger partial charge in [-0.05, 0) is 48.4 Å². The van der Waals surface area contributed by atoms with E-state index in [-0.39, 0.29) is 0 Å². The Balaban J connectivity index is 1.98. The van der Waals surface area contributed by atoms with Crippen LogP contribution < -0.4 is 0 Å². The van der Waals surface area contributed by atoms with Crippen LogP contribution >= 0.6 is 27.5 Å². The van der Waals surface area contributed by atoms with Gasteiger partial charge in [0.15, 0.2) is 0 Å². The molecule has 2 unspecified atom stereocenters. The zero-order valence-corrected chi connectivity index (χ0v) is 11.3. The molecule has 1 aromatic carbocycles. The monoisotopic (exact) mass is 300 g/mol. The lowest BCUT2D eigenvalue weighted by atomic mass is 10.0. The Morgan fingerprint density at radius 1 is 1.19 bits per heavy atom. The molecule has 0 heterocycles. The largest absolute Gasteiger partial charge is 0.385 e. The highest BCUT2D eigenvalue weighted by atomic mass is 79.9. The van der Waals surface area contributed by atoms with Crippen molar-refractivity contribution in [2.45, 2.75) is 31.3 Å². The molecular weight excluding hydrogens is 287 g/mol. The Labute approximate surface area is 109 Å². The maximum Gasteiger partial charge on any atom is 0.0961 e. The van der Waals surface area contributed by atoms with E-state index in [4.69, 9.17) is 11.6 Å². The molecule has 0 amide bonds. The zero-order valence-electron chi connectivity index (χ0n) is 8.92. The first-order valence-electron chi connectivity index (χ1n) is 5.81. The average molecular weight is 302 g/mol. The summed E-state index contributed by atoms with van der Waals surface area (Å²) in [6.45, 7) is 0. The van der Waals surface area contributed by atoms with Crippen molar-refractivity contribution in [3.63, 3.8) is 0 Å². The van der Waals surface area contributed by atoms with Crippen LogP contribution in [0.15, 0.2) is 22.7 Å². The molecule has 2 atom stereocenters. The first-order valence-corrected chi connectivity index (χ1v) is 6.98. The van der Waals surface area contributed by atoms with E-state index in [0.29, 0.717) is 16.9 Å². The van der Waals surface area contributed by atoms with Crippen molar-refractivity contribution in [3.8, 4) is 0 Å². The van der Waals surface area contributed by atoms with Crippen molar-refractivity contribution in [1.82, 2.24) is 0 Å². The standard InChI is InChI=1S/C13H14BrClO/c14-9-5-8(6-10(15)7-9)13(16)11-3-1-2-4-12(11)13/h5-7,11-12,16H,1-4H2. The minimum Gasteiger partial charge on any atom is -0.385 e. The van der Waals surface area contributed by atoms with Gasteiger partial charge < -0.3 is 5.11 Å². The Morgan fingerprint density at radius 2 is 1.81 bits per heavy atom. The van der Waals surface area contributed by atoms with Crippen molar-refractivity contribution in [3.05, 3.63) is 33.3 Å². The van der Waals surface area contributed by atoms with Gasteiger partial charge in [-0.15, -0.1) is 0 Å². The van der Waals surface area contributed by atoms with Crippen molar-refractivity contribution in [1.29, 1.82) is 0 Å². The lowest BCUT2D eigenvalue weighted by molar-refractivity contribution is 0.118. The summed E-state index contributed by atoms with van der Waals surface area (Å²) in [4.78, 5) is 0. The quantitative estimate of drug-likeness (QED) is 0.827. The van der Waals surface area contributed by atoms with Crippen LogP contribution in [0.4, 0.5) is 0 Å². The van der Waals surface area contributed by atoms with E-state index in [1.54, 1.807) is 0 Å². The molecule has 0 bridgehead atoms. The smallest absolute Gasteiger partial charge is 0.0961 e. The molecule has 2 aliphatic carbocycles. The molecular formula is C13H14BrClO. The molecule has 2 aliphatic rings. The number of hydrogen-bond donors (Lipinski definition) is 1. The molecule has 1 nitrogen and oxygen atoms in total. The van der Waals surface area contributed by atoms with Crippen molar-refractivity contribution in [2.75, 3.05) is 0 Å². The van der Waals surface area contributed by atoms with E-state index in [1.807, 2.05) is 18.2 Å². The normalized spacial score (nSPS) is 36.9. The van der Waals surface area contributed by atoms with Crippen LogP contribution in [0.25, 0.3) is 0 Å². The number of fused-ring (bicyclic) bond motifs is 1. The Hall–Kier alpha value is -0.0500. The van der Waals surface area contributed by atoms with Crippen molar-refractivity contribution < 1.29 is 5.11 Å². The van der Waals surface area contributed by atoms with E-state index in [9.17, 15) is 5.11 Å². The summed E-state index contributed by atoms with van der Waals surface area (Å²) in [7, 11) is 0. The summed E-state index contributed by atoms with van der Waals surface area (Å²) in [6, 6.07) is 5.77. The maximum atomic E-state index is 10.7. The second-order valence-electron chi connectivity index (χ2n) is 4.98. The number of rotatable bonds is 1. The molecule has 0 aromatic heterocycles. The van der Waals surface area contributed by atoms with E-state index < -0.39 is 5.60 Å². The van der Waals surface area contributed by atoms with E-state index in [1.165, 1.54) is 12.8 Å². The molecule has 2 fully saturated rings. The van der Waals surface area contributed by atoms with Crippen LogP contribution in [0, 0.1) is 11.8 Å². The Kier molecular flexibility index (Phi) is 2.58. The third kappa shape index (κ3) is 1.54. The highest BCUT2D eigenvalue weighted by Crippen LogP contribution is 2.64. The van der Waals surface area contributed by atoms with Gasteiger partial charge in [-0.2, -0.15) is 0 Å². The molecule has 16 heavy (non-hydrogen) atoms. The summed E-state index contributed by atoms with van der Waals surface area (Å²) in [5, 5.41) is 11.4. The predicted molar refractivity (Wildman–Crippen MR) is 68.5 cm³/mol. The number of hydrogen-bond acceptors (Lipinski definition) is 1. The molecule has 1 N–H and O–H groups in total. The van der Waals surface area contributed by atoms with Gasteiger partial charge in [0.2, 0.25) is 0 Å². The zero-order chi connectivity index (χ0) is 11.3. The SMILES string of the molecule is OC1(c2cc(Cl)cc(Br)c2)C2CCCCC21. The minimum atomic E-state index is -0.593. The summed E-state index contributed by atoms with van der Waals surface area (Å²) in [6.07, 6.45) is 4.83. The molecule has 0 aliphatic heterocycles. The maximum absolute atomic E-state index is 10.7. The van der Waals surface area contributed by atoms with Gasteiger partial charge in [0, 0.05) is 9.50 Å². The van der Waals surface area contributed by atoms with Gasteiger partial charge in [-0.25, -0.2) is 0 Å². The fourth-order valence-corrected chi connectivity index (χ4v) is 4.17. The predicted octanol–water partition coefficient (Wildman–Crippen LogP) is 4.11. The molecule has 86 valence electrons. The van der Waals surface area contributed by atoms with Crippen molar-refractivity contribution in [2.24, 2.45) is 11.8 Å².